The molecule has 0 saturated carbocycles. The molecule has 0 aliphatic carbocycles. The van der Waals surface area contributed by atoms with Crippen molar-refractivity contribution in [3.05, 3.63) is 65.7 Å². The average Bonchev–Trinajstić information content (AvgIpc) is 0.839. The van der Waals surface area contributed by atoms with Gasteiger partial charge in [-0.1, -0.05) is 127 Å². The first-order chi connectivity index (χ1) is 70.0. The van der Waals surface area contributed by atoms with Crippen LogP contribution in [0.2, 0.25) is 0 Å². The fraction of sp³-hybridized carbons (Fsp3) is 0.591. The summed E-state index contributed by atoms with van der Waals surface area (Å²) in [6.45, 7) is 7.42. The maximum absolute atomic E-state index is 15.8. The molecule has 2 heterocycles. The van der Waals surface area contributed by atoms with Gasteiger partial charge in [0, 0.05) is 75.1 Å². The monoisotopic (exact) mass is 2150 g/mol. The molecule has 2 bridgehead atoms. The van der Waals surface area contributed by atoms with Crippen LogP contribution in [0.5, 0.6) is 5.75 Å². The van der Waals surface area contributed by atoms with Crippen molar-refractivity contribution >= 4 is 185 Å². The second-order valence-electron chi connectivity index (χ2n) is 35.8. The lowest BCUT2D eigenvalue weighted by Crippen LogP contribution is -2.62. The van der Waals surface area contributed by atoms with Crippen LogP contribution in [0.15, 0.2) is 54.6 Å². The number of hydrogen-bond acceptors (Lipinski definition) is 30. The van der Waals surface area contributed by atoms with E-state index in [4.69, 9.17) is 78.3 Å². The number of amides is 18. The summed E-state index contributed by atoms with van der Waals surface area (Å²) in [6.07, 6.45) is -1.36. The van der Waals surface area contributed by atoms with Gasteiger partial charge in [0.1, 0.15) is 90.3 Å². The van der Waals surface area contributed by atoms with E-state index >= 15 is 52.7 Å². The third-order valence-electron chi connectivity index (χ3n) is 22.2. The lowest BCUT2D eigenvalue weighted by Gasteiger charge is -2.30. The molecule has 2 aliphatic rings. The van der Waals surface area contributed by atoms with E-state index in [1.165, 1.54) is 52.0 Å². The molecule has 15 atom stereocenters. The Kier molecular flexibility index (Phi) is 57.4. The highest BCUT2D eigenvalue weighted by Crippen LogP contribution is 2.27. The Morgan fingerprint density at radius 3 is 1.23 bits per heavy atom. The third-order valence-corrected chi connectivity index (χ3v) is 27.0. The summed E-state index contributed by atoms with van der Waals surface area (Å²) >= 11 is 0. The van der Waals surface area contributed by atoms with E-state index in [-0.39, 0.29) is 146 Å². The Hall–Kier alpha value is -14.3. The number of aromatic hydroxyl groups is 1. The zero-order valence-corrected chi connectivity index (χ0v) is 86.7. The summed E-state index contributed by atoms with van der Waals surface area (Å²) in [6, 6.07) is -10.8. The molecule has 56 nitrogen and oxygen atoms in total. The first-order valence-corrected chi connectivity index (χ1v) is 52.9. The van der Waals surface area contributed by atoms with E-state index in [1.807, 2.05) is 0 Å². The highest BCUT2D eigenvalue weighted by molar-refractivity contribution is 8.77. The van der Waals surface area contributed by atoms with Gasteiger partial charge in [0.25, 0.3) is 0 Å². The van der Waals surface area contributed by atoms with E-state index < -0.39 is 288 Å². The first-order valence-electron chi connectivity index (χ1n) is 47.9. The minimum absolute atomic E-state index is 0.00534. The Morgan fingerprint density at radius 1 is 0.378 bits per heavy atom. The van der Waals surface area contributed by atoms with Gasteiger partial charge in [-0.3, -0.25) is 119 Å². The first kappa shape index (κ1) is 126. The van der Waals surface area contributed by atoms with Crippen molar-refractivity contribution in [2.75, 3.05) is 81.9 Å². The van der Waals surface area contributed by atoms with Gasteiger partial charge in [-0.15, -0.1) is 0 Å². The molecule has 0 aromatic heterocycles. The Morgan fingerprint density at radius 2 is 0.770 bits per heavy atom. The maximum Gasteiger partial charge on any atom is 0.244 e. The number of phenolic OH excluding ortho intramolecular Hbond substituents is 1. The molecular weight excluding hydrogens is 2010 g/mol. The zero-order valence-electron chi connectivity index (χ0n) is 83.4. The van der Waals surface area contributed by atoms with Crippen LogP contribution in [0.3, 0.4) is 0 Å². The molecule has 2 fully saturated rings. The topological polar surface area (TPSA) is 955 Å². The highest BCUT2D eigenvalue weighted by atomic mass is 33.1. The summed E-state index contributed by atoms with van der Waals surface area (Å²) in [4.78, 5) is 265. The molecule has 148 heavy (non-hydrogen) atoms. The van der Waals surface area contributed by atoms with Gasteiger partial charge in [0.15, 0.2) is 35.8 Å². The summed E-state index contributed by atoms with van der Waals surface area (Å²) in [5.74, 6) is -25.2. The van der Waals surface area contributed by atoms with E-state index in [9.17, 15) is 38.7 Å². The van der Waals surface area contributed by atoms with Gasteiger partial charge < -0.3 is 173 Å². The number of fused-ring (bicyclic) bond motifs is 5. The van der Waals surface area contributed by atoms with Crippen LogP contribution in [-0.2, 0) is 99.1 Å². The number of benzene rings is 2. The standard InChI is InChI=1S/C88H147N37O19S4/c1-44(2)34-56(117-70(132)52(20-12-30-105-85(95)96)113-64(128)38-109-63(127)37-110-69(131)50(89)18-10-28-103-83(91)92)74(136)120-60-41-146-148-43-62(80(142)124-66(45(3)4)81(143)111-39-65(129)112-51(68(90)130)19-11-29-104-84(93)94)123-82(144)67(46(5)6)125-79(141)61-42-147-145-40-59(121-76(138)58(119-78(60)140)36-48-24-26-49(126)27-25-48)77(139)116-54(22-14-32-107-87(99)100)72(134)114-53(21-13-31-106-86(97)98)71(133)115-55(23-15-33-108-88(101)102)73(135)118-57(75(137)122-61)35-47-16-8-7-9-17-47/h7-9,16-17,24-27,44-46,50-62,66-67,126H,10-15,18-23,28-43,89H2,1-6H3,(H2,90,130)(H,109,127)(H,110,131)(H,111,143)(H,112,129)(H,113,128)(H,114,134)(H,115,133)(H,116,139)(H,117,132)(H,118,135)(H,119,140)(H,120,136)(H,121,138)(H,122,137)(H,123,144)(H,124,142)(H,125,141)(H4,91,92,103)(H4,93,94,104)(H4,95,96,105)(H4,97,98,106)(H4,99,100,107)(H4,101,102,108)/t50-,51-,52-,53-,54-,55-,56-,57-,58-,59-,60-,61-,62-,66-,67-/m1/s1. The number of primary amides is 1. The Labute approximate surface area is 872 Å². The Balaban J connectivity index is 2.08. The fourth-order valence-electron chi connectivity index (χ4n) is 14.3. The quantitative estimate of drug-likeness (QED) is 0.0127. The summed E-state index contributed by atoms with van der Waals surface area (Å²) in [7, 11) is 3.14. The number of nitrogens with one attached hydrogen (secondary N) is 29. The molecule has 2 saturated heterocycles. The number of hydrogen-bond donors (Lipinski definition) is 38. The van der Waals surface area contributed by atoms with Gasteiger partial charge in [0.2, 0.25) is 106 Å². The van der Waals surface area contributed by atoms with Crippen LogP contribution < -0.4 is 168 Å². The predicted octanol–water partition coefficient (Wildman–Crippen LogP) is -10.1. The lowest BCUT2D eigenvalue weighted by atomic mass is 10.0. The molecule has 4 rings (SSSR count). The van der Waals surface area contributed by atoms with Gasteiger partial charge in [-0.05, 0) is 124 Å². The molecule has 2 aliphatic heterocycles. The van der Waals surface area contributed by atoms with Crippen LogP contribution in [0.1, 0.15) is 136 Å². The van der Waals surface area contributed by atoms with E-state index in [0.29, 0.717) is 12.0 Å². The highest BCUT2D eigenvalue weighted by Gasteiger charge is 2.41. The van der Waals surface area contributed by atoms with Gasteiger partial charge in [-0.2, -0.15) is 0 Å². The number of rotatable bonds is 49. The average molecular weight is 2160 g/mol. The van der Waals surface area contributed by atoms with Crippen molar-refractivity contribution in [1.82, 2.24) is 122 Å². The number of carbonyl (C=O) groups is 18. The van der Waals surface area contributed by atoms with E-state index in [2.05, 4.69) is 122 Å². The van der Waals surface area contributed by atoms with Crippen molar-refractivity contribution < 1.29 is 91.4 Å². The number of phenols is 1. The smallest absolute Gasteiger partial charge is 0.244 e. The molecule has 0 unspecified atom stereocenters. The second-order valence-corrected chi connectivity index (χ2v) is 40.9. The van der Waals surface area contributed by atoms with E-state index in [0.717, 1.165) is 43.2 Å². The Bertz CT molecular complexity index is 4860. The van der Waals surface area contributed by atoms with Crippen LogP contribution >= 0.6 is 43.2 Å². The molecule has 60 heteroatoms. The minimum atomic E-state index is -1.86. The molecule has 0 spiro atoms. The molecule has 18 amide bonds. The molecule has 822 valence electrons. The normalized spacial score (nSPS) is 20.1. The molecule has 46 N–H and O–H groups in total. The zero-order chi connectivity index (χ0) is 110. The molecule has 0 radical (unpaired) electrons. The van der Waals surface area contributed by atoms with Crippen molar-refractivity contribution in [1.29, 1.82) is 32.5 Å². The molecule has 2 aromatic carbocycles. The van der Waals surface area contributed by atoms with Gasteiger partial charge in [-0.25, -0.2) is 0 Å². The number of nitrogens with two attached hydrogens (primary N) is 8. The van der Waals surface area contributed by atoms with Crippen LogP contribution in [0.25, 0.3) is 0 Å². The van der Waals surface area contributed by atoms with Crippen LogP contribution in [0.4, 0.5) is 0 Å². The SMILES string of the molecule is CC(C)C[C@@H](NC(=O)[C@@H](CCCNC(=N)N)NC(=O)CNC(=O)CNC(=O)[C@H](N)CCCNC(=N)N)C(=O)N[C@@H]1CSSC[C@H](C(=O)N[C@@H](C(=O)NCC(=O)N[C@H](CCCNC(=N)N)C(N)=O)C(C)C)NC(=O)[C@@H](C(C)C)NC(=O)[C@H]2CSSC[C@@H](NC(=O)[C@@H](Cc3ccc(O)cc3)NC1=O)C(=O)N[C@H](CCCNC(=N)N)C(=O)N[C@H](CCCNC(=N)N)C(=O)N[C@H](CCCNC(=N)N)C(=O)N[C@H](Cc1ccccc1)C(=O)N2. The van der Waals surface area contributed by atoms with Crippen molar-refractivity contribution in [3.8, 4) is 5.75 Å². The van der Waals surface area contributed by atoms with Crippen molar-refractivity contribution in [3.63, 3.8) is 0 Å². The van der Waals surface area contributed by atoms with Gasteiger partial charge in [0.05, 0.1) is 25.7 Å². The van der Waals surface area contributed by atoms with Gasteiger partial charge >= 0.3 is 0 Å². The number of carbonyl (C=O) groups excluding carboxylic acids is 18. The van der Waals surface area contributed by atoms with E-state index in [1.54, 1.807) is 44.2 Å². The number of guanidine groups is 6. The van der Waals surface area contributed by atoms with Crippen LogP contribution in [0, 0.1) is 50.2 Å². The predicted molar refractivity (Wildman–Crippen MR) is 559 cm³/mol. The summed E-state index contributed by atoms with van der Waals surface area (Å²) < 4.78 is 0. The third kappa shape index (κ3) is 50.7. The van der Waals surface area contributed by atoms with Crippen molar-refractivity contribution in [2.45, 2.75) is 228 Å². The van der Waals surface area contributed by atoms with Crippen LogP contribution in [-0.4, -0.2) is 320 Å². The lowest BCUT2D eigenvalue weighted by molar-refractivity contribution is -0.136. The summed E-state index contributed by atoms with van der Waals surface area (Å²) in [5, 5.41) is 116. The molecule has 2 aromatic rings. The maximum atomic E-state index is 15.8. The largest absolute Gasteiger partial charge is 0.508 e. The minimum Gasteiger partial charge on any atom is -0.508 e. The fourth-order valence-corrected chi connectivity index (χ4v) is 19.0. The second kappa shape index (κ2) is 67.5. The molecular formula is C88H147N37O19S4. The summed E-state index contributed by atoms with van der Waals surface area (Å²) in [5.41, 5.74) is 45.5. The van der Waals surface area contributed by atoms with Crippen molar-refractivity contribution in [2.24, 2.45) is 63.6 Å².